The van der Waals surface area contributed by atoms with Gasteiger partial charge in [-0.3, -0.25) is 5.10 Å². The summed E-state index contributed by atoms with van der Waals surface area (Å²) < 4.78 is 5.36. The van der Waals surface area contributed by atoms with Crippen LogP contribution in [0.25, 0.3) is 22.3 Å². The van der Waals surface area contributed by atoms with E-state index in [0.717, 1.165) is 38.8 Å². The number of benzene rings is 2. The quantitative estimate of drug-likeness (QED) is 0.337. The summed E-state index contributed by atoms with van der Waals surface area (Å²) in [5, 5.41) is 8.64. The van der Waals surface area contributed by atoms with Gasteiger partial charge in [0.15, 0.2) is 11.3 Å². The Hall–Kier alpha value is -3.16. The van der Waals surface area contributed by atoms with E-state index in [1.54, 1.807) is 25.1 Å². The van der Waals surface area contributed by atoms with Crippen molar-refractivity contribution in [3.05, 3.63) is 69.3 Å². The molecule has 0 saturated carbocycles. The third-order valence-electron chi connectivity index (χ3n) is 7.44. The molecule has 2 aromatic heterocycles. The van der Waals surface area contributed by atoms with Gasteiger partial charge in [0.2, 0.25) is 5.95 Å². The maximum Gasteiger partial charge on any atom is 0.357 e. The van der Waals surface area contributed by atoms with E-state index in [0.29, 0.717) is 43.7 Å². The van der Waals surface area contributed by atoms with E-state index in [1.807, 2.05) is 0 Å². The number of nitrogens with one attached hydrogen (secondary N) is 1. The molecule has 7 nitrogen and oxygen atoms in total. The van der Waals surface area contributed by atoms with Crippen molar-refractivity contribution in [1.82, 2.24) is 20.2 Å². The summed E-state index contributed by atoms with van der Waals surface area (Å²) in [6.07, 6.45) is 4.33. The van der Waals surface area contributed by atoms with Gasteiger partial charge in [-0.2, -0.15) is 10.1 Å². The van der Waals surface area contributed by atoms with Gasteiger partial charge >= 0.3 is 5.97 Å². The van der Waals surface area contributed by atoms with Crippen molar-refractivity contribution in [2.24, 2.45) is 5.41 Å². The summed E-state index contributed by atoms with van der Waals surface area (Å²) >= 11 is 12.7. The Morgan fingerprint density at radius 2 is 1.78 bits per heavy atom. The number of carbonyl (C=O) groups is 1. The first-order valence-electron chi connectivity index (χ1n) is 12.2. The fraction of sp³-hybridized carbons (Fsp3) is 0.333. The van der Waals surface area contributed by atoms with Crippen LogP contribution in [-0.4, -0.2) is 45.8 Å². The average Bonchev–Trinajstić information content (AvgIpc) is 3.47. The minimum absolute atomic E-state index is 0.171. The molecule has 1 aliphatic heterocycles. The van der Waals surface area contributed by atoms with Gasteiger partial charge in [0.1, 0.15) is 5.69 Å². The van der Waals surface area contributed by atoms with Crippen LogP contribution in [0.5, 0.6) is 0 Å². The molecule has 4 aromatic rings. The second-order valence-corrected chi connectivity index (χ2v) is 10.4. The van der Waals surface area contributed by atoms with Crippen LogP contribution < -0.4 is 4.90 Å². The number of rotatable bonds is 4. The summed E-state index contributed by atoms with van der Waals surface area (Å²) in [4.78, 5) is 24.7. The fourth-order valence-corrected chi connectivity index (χ4v) is 5.99. The van der Waals surface area contributed by atoms with Gasteiger partial charge in [0.25, 0.3) is 0 Å². The van der Waals surface area contributed by atoms with Crippen molar-refractivity contribution in [1.29, 1.82) is 0 Å². The monoisotopic (exact) mass is 521 g/mol. The molecule has 1 fully saturated rings. The van der Waals surface area contributed by atoms with Crippen LogP contribution in [0, 0.1) is 5.41 Å². The number of aromatic nitrogens is 4. The number of H-pyrrole nitrogens is 1. The largest absolute Gasteiger partial charge is 0.461 e. The number of aromatic amines is 1. The molecule has 6 rings (SSSR count). The molecule has 2 aromatic carbocycles. The first kappa shape index (κ1) is 23.3. The molecule has 1 saturated heterocycles. The predicted octanol–water partition coefficient (Wildman–Crippen LogP) is 5.89. The van der Waals surface area contributed by atoms with E-state index in [4.69, 9.17) is 37.9 Å². The third kappa shape index (κ3) is 3.91. The predicted molar refractivity (Wildman–Crippen MR) is 141 cm³/mol. The van der Waals surface area contributed by atoms with Gasteiger partial charge in [-0.05, 0) is 55.2 Å². The summed E-state index contributed by atoms with van der Waals surface area (Å²) in [6, 6.07) is 14.0. The summed E-state index contributed by atoms with van der Waals surface area (Å²) in [6.45, 7) is 3.65. The van der Waals surface area contributed by atoms with Crippen LogP contribution in [0.3, 0.4) is 0 Å². The van der Waals surface area contributed by atoms with E-state index in [2.05, 4.69) is 39.4 Å². The fourth-order valence-electron chi connectivity index (χ4n) is 5.60. The van der Waals surface area contributed by atoms with Crippen molar-refractivity contribution in [3.8, 4) is 11.3 Å². The van der Waals surface area contributed by atoms with Crippen LogP contribution in [0.15, 0.2) is 42.5 Å². The molecular weight excluding hydrogens is 497 g/mol. The zero-order valence-corrected chi connectivity index (χ0v) is 21.4. The highest BCUT2D eigenvalue weighted by molar-refractivity contribution is 6.43. The molecule has 1 spiro atoms. The molecule has 3 heterocycles. The molecule has 1 N–H and O–H groups in total. The van der Waals surface area contributed by atoms with Crippen LogP contribution in [-0.2, 0) is 17.6 Å². The molecule has 36 heavy (non-hydrogen) atoms. The normalized spacial score (nSPS) is 16.5. The lowest BCUT2D eigenvalue weighted by Gasteiger charge is -2.39. The molecule has 0 bridgehead atoms. The van der Waals surface area contributed by atoms with E-state index < -0.39 is 5.97 Å². The number of nitrogens with zero attached hydrogens (tertiary/aromatic N) is 4. The minimum Gasteiger partial charge on any atom is -0.461 e. The van der Waals surface area contributed by atoms with Crippen molar-refractivity contribution >= 4 is 46.2 Å². The van der Waals surface area contributed by atoms with Crippen LogP contribution in [0.1, 0.15) is 41.4 Å². The first-order chi connectivity index (χ1) is 17.5. The van der Waals surface area contributed by atoms with Gasteiger partial charge in [0.05, 0.1) is 22.0 Å². The van der Waals surface area contributed by atoms with Gasteiger partial charge in [-0.1, -0.05) is 59.6 Å². The van der Waals surface area contributed by atoms with Crippen molar-refractivity contribution in [2.45, 2.75) is 32.6 Å². The van der Waals surface area contributed by atoms with E-state index in [1.165, 1.54) is 11.1 Å². The highest BCUT2D eigenvalue weighted by Gasteiger charge is 2.40. The Labute approximate surface area is 218 Å². The first-order valence-corrected chi connectivity index (χ1v) is 12.9. The zero-order chi connectivity index (χ0) is 24.9. The highest BCUT2D eigenvalue weighted by atomic mass is 35.5. The molecule has 0 amide bonds. The second kappa shape index (κ2) is 9.05. The Kier molecular flexibility index (Phi) is 5.85. The molecule has 2 aliphatic rings. The smallest absolute Gasteiger partial charge is 0.357 e. The molecule has 0 unspecified atom stereocenters. The molecule has 9 heteroatoms. The van der Waals surface area contributed by atoms with Crippen LogP contribution in [0.2, 0.25) is 10.0 Å². The number of carbonyl (C=O) groups excluding carboxylic acids is 1. The number of anilines is 1. The average molecular weight is 522 g/mol. The number of esters is 1. The summed E-state index contributed by atoms with van der Waals surface area (Å²) in [5.74, 6) is -0.0185. The van der Waals surface area contributed by atoms with Crippen molar-refractivity contribution < 1.29 is 9.53 Å². The van der Waals surface area contributed by atoms with E-state index in [-0.39, 0.29) is 12.3 Å². The third-order valence-corrected chi connectivity index (χ3v) is 8.26. The molecule has 184 valence electrons. The van der Waals surface area contributed by atoms with Crippen molar-refractivity contribution in [2.75, 3.05) is 24.6 Å². The van der Waals surface area contributed by atoms with Gasteiger partial charge in [-0.15, -0.1) is 0 Å². The zero-order valence-electron chi connectivity index (χ0n) is 19.9. The minimum atomic E-state index is -0.522. The maximum absolute atomic E-state index is 13.0. The number of fused-ring (bicyclic) bond motifs is 2. The molecule has 0 atom stereocenters. The Bertz CT molecular complexity index is 1450. The topological polar surface area (TPSA) is 84.0 Å². The van der Waals surface area contributed by atoms with Crippen molar-refractivity contribution in [3.63, 3.8) is 0 Å². The highest BCUT2D eigenvalue weighted by Crippen LogP contribution is 2.45. The molecule has 0 radical (unpaired) electrons. The SMILES string of the molecule is CCOC(=O)c1nc(N2CCC3(CC2)Cc2ccccc2C3)nc2[nH]nc(-c3cccc(Cl)c3Cl)c12. The van der Waals surface area contributed by atoms with Gasteiger partial charge in [0, 0.05) is 18.7 Å². The summed E-state index contributed by atoms with van der Waals surface area (Å²) in [5.41, 5.74) is 4.92. The van der Waals surface area contributed by atoms with E-state index in [9.17, 15) is 4.79 Å². The summed E-state index contributed by atoms with van der Waals surface area (Å²) in [7, 11) is 0. The van der Waals surface area contributed by atoms with Crippen LogP contribution in [0.4, 0.5) is 5.95 Å². The van der Waals surface area contributed by atoms with E-state index >= 15 is 0 Å². The number of hydrogen-bond donors (Lipinski definition) is 1. The Balaban J connectivity index is 1.35. The Morgan fingerprint density at radius 3 is 2.47 bits per heavy atom. The number of ether oxygens (including phenoxy) is 1. The lowest BCUT2D eigenvalue weighted by atomic mass is 9.76. The lowest BCUT2D eigenvalue weighted by molar-refractivity contribution is 0.0522. The molecule has 1 aliphatic carbocycles. The number of hydrogen-bond acceptors (Lipinski definition) is 6. The number of piperidine rings is 1. The Morgan fingerprint density at radius 1 is 1.06 bits per heavy atom. The number of halogens is 2. The second-order valence-electron chi connectivity index (χ2n) is 9.60. The molecular formula is C27H25Cl2N5O2. The lowest BCUT2D eigenvalue weighted by Crippen LogP contribution is -2.41. The maximum atomic E-state index is 13.0. The van der Waals surface area contributed by atoms with Crippen LogP contribution >= 0.6 is 23.2 Å². The standard InChI is InChI=1S/C27H25Cl2N5O2/c1-2-36-25(35)23-20-22(18-8-5-9-19(28)21(18)29)32-33-24(20)31-26(30-23)34-12-10-27(11-13-34)14-16-6-3-4-7-17(16)15-27/h3-9H,2,10-15H2,1H3,(H,30,31,32,33). The van der Waals surface area contributed by atoms with Gasteiger partial charge in [-0.25, -0.2) is 9.78 Å². The van der Waals surface area contributed by atoms with Gasteiger partial charge < -0.3 is 9.64 Å².